The highest BCUT2D eigenvalue weighted by Crippen LogP contribution is 2.33. The molecular weight excluding hydrogens is 370 g/mol. The number of piperidine rings is 1. The van der Waals surface area contributed by atoms with Crippen molar-refractivity contribution in [1.29, 1.82) is 0 Å². The van der Waals surface area contributed by atoms with Crippen molar-refractivity contribution in [1.82, 2.24) is 10.2 Å². The molecule has 1 N–H and O–H groups in total. The third-order valence-electron chi connectivity index (χ3n) is 3.58. The zero-order chi connectivity index (χ0) is 15.4. The predicted molar refractivity (Wildman–Crippen MR) is 92.9 cm³/mol. The van der Waals surface area contributed by atoms with Crippen LogP contribution in [0.25, 0.3) is 0 Å². The maximum atomic E-state index is 12.2. The van der Waals surface area contributed by atoms with E-state index in [1.54, 1.807) is 11.9 Å². The van der Waals surface area contributed by atoms with Crippen LogP contribution in [-0.4, -0.2) is 43.6 Å². The molecular formula is C14H18Cl4N2O2. The monoisotopic (exact) mass is 386 g/mol. The number of hydrogen-bond acceptors (Lipinski definition) is 3. The lowest BCUT2D eigenvalue weighted by molar-refractivity contribution is -0.134. The molecule has 4 nitrogen and oxygen atoms in total. The summed E-state index contributed by atoms with van der Waals surface area (Å²) in [5.41, 5.74) is 0. The molecule has 1 aliphatic heterocycles. The number of hydrogen-bond donors (Lipinski definition) is 1. The van der Waals surface area contributed by atoms with Crippen LogP contribution in [0.4, 0.5) is 0 Å². The van der Waals surface area contributed by atoms with Gasteiger partial charge in [0.25, 0.3) is 5.91 Å². The largest absolute Gasteiger partial charge is 0.482 e. The summed E-state index contributed by atoms with van der Waals surface area (Å²) in [4.78, 5) is 13.9. The second kappa shape index (κ2) is 9.04. The first kappa shape index (κ1) is 19.7. The maximum Gasteiger partial charge on any atom is 0.260 e. The summed E-state index contributed by atoms with van der Waals surface area (Å²) in [6.07, 6.45) is 1.91. The first-order valence-electron chi connectivity index (χ1n) is 6.72. The Morgan fingerprint density at radius 2 is 1.82 bits per heavy atom. The number of nitrogens with one attached hydrogen (secondary N) is 1. The molecule has 1 aliphatic rings. The number of nitrogens with zero attached hydrogens (tertiary/aromatic N) is 1. The van der Waals surface area contributed by atoms with Crippen molar-refractivity contribution >= 4 is 53.1 Å². The summed E-state index contributed by atoms with van der Waals surface area (Å²) >= 11 is 17.8. The van der Waals surface area contributed by atoms with Gasteiger partial charge < -0.3 is 15.0 Å². The summed E-state index contributed by atoms with van der Waals surface area (Å²) in [6.45, 7) is 1.79. The van der Waals surface area contributed by atoms with Crippen LogP contribution in [0.3, 0.4) is 0 Å². The van der Waals surface area contributed by atoms with Crippen LogP contribution in [0, 0.1) is 0 Å². The first-order chi connectivity index (χ1) is 9.99. The normalized spacial score (nSPS) is 15.1. The number of rotatable bonds is 4. The smallest absolute Gasteiger partial charge is 0.260 e. The van der Waals surface area contributed by atoms with Crippen LogP contribution in [0.5, 0.6) is 5.75 Å². The summed E-state index contributed by atoms with van der Waals surface area (Å²) < 4.78 is 5.46. The summed E-state index contributed by atoms with van der Waals surface area (Å²) in [5.74, 6) is 0.280. The molecule has 0 radical (unpaired) electrons. The zero-order valence-electron chi connectivity index (χ0n) is 12.1. The Bertz CT molecular complexity index is 522. The molecule has 2 rings (SSSR count). The standard InChI is InChI=1S/C14H17Cl3N2O2.ClH/c1-19(9-2-4-18-5-3-9)14(20)8-21-13-7-11(16)10(15)6-12(13)17;/h6-7,9,18H,2-5,8H2,1H3;1H. The molecule has 0 saturated carbocycles. The second-order valence-corrected chi connectivity index (χ2v) is 6.19. The van der Waals surface area contributed by atoms with Crippen molar-refractivity contribution in [3.8, 4) is 5.75 Å². The highest BCUT2D eigenvalue weighted by molar-refractivity contribution is 6.43. The topological polar surface area (TPSA) is 41.6 Å². The number of benzene rings is 1. The fraction of sp³-hybridized carbons (Fsp3) is 0.500. The van der Waals surface area contributed by atoms with Crippen molar-refractivity contribution in [2.75, 3.05) is 26.7 Å². The number of carbonyl (C=O) groups is 1. The Morgan fingerprint density at radius 1 is 1.23 bits per heavy atom. The van der Waals surface area contributed by atoms with Gasteiger partial charge >= 0.3 is 0 Å². The lowest BCUT2D eigenvalue weighted by Crippen LogP contribution is -2.45. The summed E-state index contributed by atoms with van der Waals surface area (Å²) in [7, 11) is 1.80. The Hall–Kier alpha value is -0.390. The third kappa shape index (κ3) is 5.07. The minimum absolute atomic E-state index is 0. The molecule has 1 amide bonds. The van der Waals surface area contributed by atoms with Crippen molar-refractivity contribution in [3.05, 3.63) is 27.2 Å². The van der Waals surface area contributed by atoms with Crippen LogP contribution in [0.15, 0.2) is 12.1 Å². The van der Waals surface area contributed by atoms with Crippen LogP contribution >= 0.6 is 47.2 Å². The van der Waals surface area contributed by atoms with Gasteiger partial charge in [-0.15, -0.1) is 12.4 Å². The molecule has 124 valence electrons. The Morgan fingerprint density at radius 3 is 2.45 bits per heavy atom. The van der Waals surface area contributed by atoms with E-state index < -0.39 is 0 Å². The van der Waals surface area contributed by atoms with Crippen molar-refractivity contribution < 1.29 is 9.53 Å². The quantitative estimate of drug-likeness (QED) is 0.801. The Labute approximate surface area is 151 Å². The molecule has 1 aromatic carbocycles. The molecule has 1 aromatic rings. The molecule has 1 saturated heterocycles. The molecule has 22 heavy (non-hydrogen) atoms. The number of ether oxygens (including phenoxy) is 1. The van der Waals surface area contributed by atoms with Gasteiger partial charge in [0.05, 0.1) is 15.1 Å². The highest BCUT2D eigenvalue weighted by Gasteiger charge is 2.22. The lowest BCUT2D eigenvalue weighted by Gasteiger charge is -2.31. The van der Waals surface area contributed by atoms with E-state index in [0.717, 1.165) is 25.9 Å². The molecule has 1 heterocycles. The van der Waals surface area contributed by atoms with E-state index in [0.29, 0.717) is 20.8 Å². The van der Waals surface area contributed by atoms with E-state index in [1.165, 1.54) is 12.1 Å². The minimum atomic E-state index is -0.0796. The molecule has 0 spiro atoms. The van der Waals surface area contributed by atoms with Gasteiger partial charge in [-0.2, -0.15) is 0 Å². The molecule has 0 bridgehead atoms. The third-order valence-corrected chi connectivity index (χ3v) is 4.59. The fourth-order valence-electron chi connectivity index (χ4n) is 2.25. The molecule has 8 heteroatoms. The highest BCUT2D eigenvalue weighted by atomic mass is 35.5. The van der Waals surface area contributed by atoms with Crippen LogP contribution < -0.4 is 10.1 Å². The maximum absolute atomic E-state index is 12.2. The van der Waals surface area contributed by atoms with Crippen molar-refractivity contribution in [2.45, 2.75) is 18.9 Å². The van der Waals surface area contributed by atoms with E-state index in [-0.39, 0.29) is 31.0 Å². The van der Waals surface area contributed by atoms with E-state index in [1.807, 2.05) is 0 Å². The number of likely N-dealkylation sites (N-methyl/N-ethyl adjacent to an activating group) is 1. The van der Waals surface area contributed by atoms with Crippen molar-refractivity contribution in [3.63, 3.8) is 0 Å². The predicted octanol–water partition coefficient (Wildman–Crippen LogP) is 3.66. The van der Waals surface area contributed by atoms with E-state index in [2.05, 4.69) is 5.32 Å². The SMILES string of the molecule is CN(C(=O)COc1cc(Cl)c(Cl)cc1Cl)C1CCNCC1.Cl. The van der Waals surface area contributed by atoms with Crippen molar-refractivity contribution in [2.24, 2.45) is 0 Å². The fourth-order valence-corrected chi connectivity index (χ4v) is 2.85. The van der Waals surface area contributed by atoms with E-state index >= 15 is 0 Å². The van der Waals surface area contributed by atoms with Gasteiger partial charge in [0.15, 0.2) is 6.61 Å². The van der Waals surface area contributed by atoms with Crippen LogP contribution in [-0.2, 0) is 4.79 Å². The summed E-state index contributed by atoms with van der Waals surface area (Å²) in [5, 5.41) is 4.30. The second-order valence-electron chi connectivity index (χ2n) is 4.97. The van der Waals surface area contributed by atoms with Crippen LogP contribution in [0.1, 0.15) is 12.8 Å². The van der Waals surface area contributed by atoms with Gasteiger partial charge in [0.2, 0.25) is 0 Å². The molecule has 0 aliphatic carbocycles. The van der Waals surface area contributed by atoms with Crippen LogP contribution in [0.2, 0.25) is 15.1 Å². The van der Waals surface area contributed by atoms with Gasteiger partial charge in [-0.3, -0.25) is 4.79 Å². The Balaban J connectivity index is 0.00000242. The Kier molecular flexibility index (Phi) is 8.08. The average molecular weight is 388 g/mol. The molecule has 0 atom stereocenters. The zero-order valence-corrected chi connectivity index (χ0v) is 15.2. The van der Waals surface area contributed by atoms with E-state index in [9.17, 15) is 4.79 Å². The number of amides is 1. The van der Waals surface area contributed by atoms with Gasteiger partial charge in [0, 0.05) is 19.2 Å². The minimum Gasteiger partial charge on any atom is -0.482 e. The first-order valence-corrected chi connectivity index (χ1v) is 7.86. The molecule has 0 unspecified atom stereocenters. The molecule has 1 fully saturated rings. The molecule has 0 aromatic heterocycles. The number of halogens is 4. The average Bonchev–Trinajstić information content (AvgIpc) is 2.49. The van der Waals surface area contributed by atoms with Gasteiger partial charge in [-0.05, 0) is 32.0 Å². The number of carbonyl (C=O) groups excluding carboxylic acids is 1. The van der Waals surface area contributed by atoms with Gasteiger partial charge in [-0.25, -0.2) is 0 Å². The lowest BCUT2D eigenvalue weighted by atomic mass is 10.1. The van der Waals surface area contributed by atoms with E-state index in [4.69, 9.17) is 39.5 Å². The van der Waals surface area contributed by atoms with Gasteiger partial charge in [0.1, 0.15) is 5.75 Å². The summed E-state index contributed by atoms with van der Waals surface area (Å²) in [6, 6.07) is 3.28. The van der Waals surface area contributed by atoms with Gasteiger partial charge in [-0.1, -0.05) is 34.8 Å².